The smallest absolute Gasteiger partial charge is 0.243 e. The van der Waals surface area contributed by atoms with Gasteiger partial charge >= 0.3 is 0 Å². The highest BCUT2D eigenvalue weighted by atomic mass is 32.2. The fourth-order valence-electron chi connectivity index (χ4n) is 3.29. The average Bonchev–Trinajstić information content (AvgIpc) is 2.73. The van der Waals surface area contributed by atoms with Crippen LogP contribution in [0.1, 0.15) is 0 Å². The Hall–Kier alpha value is -2.64. The highest BCUT2D eigenvalue weighted by molar-refractivity contribution is 7.89. The summed E-state index contributed by atoms with van der Waals surface area (Å²) in [6.45, 7) is 2.09. The molecule has 1 saturated heterocycles. The number of sulfonamides is 1. The number of para-hydroxylation sites is 1. The van der Waals surface area contributed by atoms with Gasteiger partial charge in [0.2, 0.25) is 10.0 Å². The lowest BCUT2D eigenvalue weighted by Gasteiger charge is -2.34. The Bertz CT molecular complexity index is 1040. The van der Waals surface area contributed by atoms with Crippen LogP contribution in [0.5, 0.6) is 5.75 Å². The molecule has 1 aliphatic heterocycles. The maximum absolute atomic E-state index is 12.9. The van der Waals surface area contributed by atoms with Crippen LogP contribution in [0.15, 0.2) is 65.6 Å². The highest BCUT2D eigenvalue weighted by Gasteiger charge is 2.29. The number of ether oxygens (including phenoxy) is 1. The normalized spacial score (nSPS) is 15.8. The maximum atomic E-state index is 12.9. The quantitative estimate of drug-likeness (QED) is 0.693. The second-order valence-corrected chi connectivity index (χ2v) is 8.37. The molecule has 2 heterocycles. The number of rotatable bonds is 4. The summed E-state index contributed by atoms with van der Waals surface area (Å²) in [6.07, 6.45) is 0. The van der Waals surface area contributed by atoms with Crippen molar-refractivity contribution in [1.29, 1.82) is 0 Å². The van der Waals surface area contributed by atoms with E-state index in [1.54, 1.807) is 31.4 Å². The van der Waals surface area contributed by atoms with Crippen molar-refractivity contribution in [3.8, 4) is 5.75 Å². The van der Waals surface area contributed by atoms with Gasteiger partial charge in [-0.2, -0.15) is 4.31 Å². The largest absolute Gasteiger partial charge is 0.497 e. The van der Waals surface area contributed by atoms with Gasteiger partial charge in [0.25, 0.3) is 0 Å². The third-order valence-corrected chi connectivity index (χ3v) is 6.76. The summed E-state index contributed by atoms with van der Waals surface area (Å²) in [5.74, 6) is 1.52. The lowest BCUT2D eigenvalue weighted by Crippen LogP contribution is -2.48. The van der Waals surface area contributed by atoms with E-state index in [-0.39, 0.29) is 0 Å². The van der Waals surface area contributed by atoms with E-state index in [2.05, 4.69) is 11.0 Å². The van der Waals surface area contributed by atoms with Gasteiger partial charge in [-0.05, 0) is 42.5 Å². The number of methoxy groups -OCH3 is 1. The summed E-state index contributed by atoms with van der Waals surface area (Å²) in [5.41, 5.74) is 0.947. The summed E-state index contributed by atoms with van der Waals surface area (Å²) in [7, 11) is -1.94. The van der Waals surface area contributed by atoms with E-state index in [1.807, 2.05) is 30.3 Å². The van der Waals surface area contributed by atoms with Gasteiger partial charge in [-0.25, -0.2) is 13.4 Å². The molecule has 0 radical (unpaired) electrons. The minimum absolute atomic E-state index is 0.292. The molecule has 1 fully saturated rings. The Morgan fingerprint density at radius 3 is 2.30 bits per heavy atom. The van der Waals surface area contributed by atoms with E-state index >= 15 is 0 Å². The predicted molar refractivity (Wildman–Crippen MR) is 106 cm³/mol. The van der Waals surface area contributed by atoms with Gasteiger partial charge in [-0.15, -0.1) is 0 Å². The van der Waals surface area contributed by atoms with Crippen molar-refractivity contribution >= 4 is 26.7 Å². The molecule has 7 heteroatoms. The SMILES string of the molecule is COc1ccc(S(=O)(=O)N2CCN(c3ccc4ccccc4n3)CC2)cc1. The average molecular weight is 383 g/mol. The van der Waals surface area contributed by atoms with E-state index in [0.29, 0.717) is 36.8 Å². The molecule has 0 aliphatic carbocycles. The molecule has 0 amide bonds. The van der Waals surface area contributed by atoms with E-state index in [1.165, 1.54) is 4.31 Å². The van der Waals surface area contributed by atoms with Crippen LogP contribution in [0.2, 0.25) is 0 Å². The van der Waals surface area contributed by atoms with Crippen molar-refractivity contribution in [2.75, 3.05) is 38.2 Å². The van der Waals surface area contributed by atoms with Crippen molar-refractivity contribution < 1.29 is 13.2 Å². The Balaban J connectivity index is 1.48. The lowest BCUT2D eigenvalue weighted by atomic mass is 10.2. The van der Waals surface area contributed by atoms with Gasteiger partial charge < -0.3 is 9.64 Å². The first kappa shape index (κ1) is 17.8. The number of fused-ring (bicyclic) bond motifs is 1. The molecule has 0 saturated carbocycles. The first-order valence-corrected chi connectivity index (χ1v) is 10.3. The standard InChI is InChI=1S/C20H21N3O3S/c1-26-17-7-9-18(10-8-17)27(24,25)23-14-12-22(13-15-23)20-11-6-16-4-2-3-5-19(16)21-20/h2-11H,12-15H2,1H3. The zero-order valence-corrected chi connectivity index (χ0v) is 15.9. The first-order chi connectivity index (χ1) is 13.1. The fourth-order valence-corrected chi connectivity index (χ4v) is 4.71. The van der Waals surface area contributed by atoms with Gasteiger partial charge in [0.05, 0.1) is 17.5 Å². The molecule has 1 aromatic heterocycles. The molecule has 0 spiro atoms. The molecule has 3 aromatic rings. The molecule has 140 valence electrons. The van der Waals surface area contributed by atoms with Crippen LogP contribution < -0.4 is 9.64 Å². The molecule has 0 N–H and O–H groups in total. The fraction of sp³-hybridized carbons (Fsp3) is 0.250. The number of hydrogen-bond acceptors (Lipinski definition) is 5. The zero-order chi connectivity index (χ0) is 18.9. The number of piperazine rings is 1. The number of benzene rings is 2. The predicted octanol–water partition coefficient (Wildman–Crippen LogP) is 2.75. The van der Waals surface area contributed by atoms with Crippen LogP contribution in [0, 0.1) is 0 Å². The van der Waals surface area contributed by atoms with Gasteiger partial charge in [-0.1, -0.05) is 18.2 Å². The van der Waals surface area contributed by atoms with Crippen molar-refractivity contribution in [2.45, 2.75) is 4.90 Å². The highest BCUT2D eigenvalue weighted by Crippen LogP contribution is 2.23. The van der Waals surface area contributed by atoms with Crippen LogP contribution >= 0.6 is 0 Å². The zero-order valence-electron chi connectivity index (χ0n) is 15.1. The molecule has 0 unspecified atom stereocenters. The summed E-state index contributed by atoms with van der Waals surface area (Å²) in [6, 6.07) is 18.6. The molecule has 4 rings (SSSR count). The molecule has 1 aliphatic rings. The van der Waals surface area contributed by atoms with Crippen LogP contribution in [0.25, 0.3) is 10.9 Å². The number of anilines is 1. The number of pyridine rings is 1. The second-order valence-electron chi connectivity index (χ2n) is 6.43. The molecular formula is C20H21N3O3S. The van der Waals surface area contributed by atoms with Gasteiger partial charge in [0.15, 0.2) is 0 Å². The number of hydrogen-bond donors (Lipinski definition) is 0. The Morgan fingerprint density at radius 2 is 1.59 bits per heavy atom. The van der Waals surface area contributed by atoms with Crippen LogP contribution in [0.4, 0.5) is 5.82 Å². The summed E-state index contributed by atoms with van der Waals surface area (Å²) < 4.78 is 32.3. The number of nitrogens with zero attached hydrogens (tertiary/aromatic N) is 3. The minimum Gasteiger partial charge on any atom is -0.497 e. The maximum Gasteiger partial charge on any atom is 0.243 e. The minimum atomic E-state index is -3.50. The molecular weight excluding hydrogens is 362 g/mol. The van der Waals surface area contributed by atoms with Gasteiger partial charge in [0.1, 0.15) is 11.6 Å². The van der Waals surface area contributed by atoms with Crippen LogP contribution in [0.3, 0.4) is 0 Å². The summed E-state index contributed by atoms with van der Waals surface area (Å²) in [5, 5.41) is 1.10. The molecule has 6 nitrogen and oxygen atoms in total. The lowest BCUT2D eigenvalue weighted by molar-refractivity contribution is 0.383. The van der Waals surface area contributed by atoms with E-state index in [9.17, 15) is 8.42 Å². The summed E-state index contributed by atoms with van der Waals surface area (Å²) in [4.78, 5) is 7.13. The molecule has 2 aromatic carbocycles. The molecule has 0 bridgehead atoms. The number of aromatic nitrogens is 1. The first-order valence-electron chi connectivity index (χ1n) is 8.83. The Labute approximate surface area is 159 Å². The van der Waals surface area contributed by atoms with E-state index < -0.39 is 10.0 Å². The monoisotopic (exact) mass is 383 g/mol. The topological polar surface area (TPSA) is 62.7 Å². The van der Waals surface area contributed by atoms with Gasteiger partial charge in [-0.3, -0.25) is 0 Å². The third-order valence-electron chi connectivity index (χ3n) is 4.84. The Kier molecular flexibility index (Phi) is 4.72. The molecule has 27 heavy (non-hydrogen) atoms. The molecule has 0 atom stereocenters. The van der Waals surface area contributed by atoms with Crippen LogP contribution in [-0.4, -0.2) is 51.0 Å². The van der Waals surface area contributed by atoms with Gasteiger partial charge in [0, 0.05) is 31.6 Å². The van der Waals surface area contributed by atoms with Crippen molar-refractivity contribution in [3.05, 3.63) is 60.7 Å². The van der Waals surface area contributed by atoms with Crippen molar-refractivity contribution in [1.82, 2.24) is 9.29 Å². The summed E-state index contributed by atoms with van der Waals surface area (Å²) >= 11 is 0. The second kappa shape index (κ2) is 7.17. The van der Waals surface area contributed by atoms with E-state index in [0.717, 1.165) is 16.7 Å². The third kappa shape index (κ3) is 3.48. The van der Waals surface area contributed by atoms with Crippen molar-refractivity contribution in [3.63, 3.8) is 0 Å². The van der Waals surface area contributed by atoms with Crippen molar-refractivity contribution in [2.24, 2.45) is 0 Å². The Morgan fingerprint density at radius 1 is 0.889 bits per heavy atom. The van der Waals surface area contributed by atoms with E-state index in [4.69, 9.17) is 9.72 Å². The van der Waals surface area contributed by atoms with Crippen LogP contribution in [-0.2, 0) is 10.0 Å².